The van der Waals surface area contributed by atoms with E-state index in [0.717, 1.165) is 4.47 Å². The number of rotatable bonds is 2. The Morgan fingerprint density at radius 1 is 1.75 bits per heavy atom. The smallest absolute Gasteiger partial charge is 0.139 e. The first-order valence-corrected chi connectivity index (χ1v) is 5.73. The summed E-state index contributed by atoms with van der Waals surface area (Å²) in [6.45, 7) is 0. The molecule has 1 aromatic rings. The molecule has 0 spiro atoms. The maximum atomic E-state index is 10.7. The Morgan fingerprint density at radius 2 is 2.42 bits per heavy atom. The van der Waals surface area contributed by atoms with Crippen molar-refractivity contribution in [2.75, 3.05) is 11.0 Å². The van der Waals surface area contributed by atoms with Crippen LogP contribution in [0.15, 0.2) is 16.7 Å². The monoisotopic (exact) mass is 268 g/mol. The van der Waals surface area contributed by atoms with Crippen molar-refractivity contribution in [3.8, 4) is 0 Å². The van der Waals surface area contributed by atoms with E-state index in [9.17, 15) is 4.21 Å². The molecule has 0 saturated carbocycles. The van der Waals surface area contributed by atoms with Gasteiger partial charge in [0.05, 0.1) is 9.50 Å². The average Bonchev–Trinajstić information content (AvgIpc) is 1.96. The van der Waals surface area contributed by atoms with Gasteiger partial charge in [-0.15, -0.1) is 0 Å². The second-order valence-corrected chi connectivity index (χ2v) is 4.41. The van der Waals surface area contributed by atoms with E-state index >= 15 is 0 Å². The lowest BCUT2D eigenvalue weighted by Gasteiger charge is -2.01. The first-order valence-electron chi connectivity index (χ1n) is 3.00. The molecular weight excluding hydrogens is 264 g/mol. The third kappa shape index (κ3) is 2.73. The van der Waals surface area contributed by atoms with E-state index in [0.29, 0.717) is 10.8 Å². The fourth-order valence-corrected chi connectivity index (χ4v) is 1.39. The number of nitrogens with zero attached hydrogens (tertiary/aromatic N) is 1. The van der Waals surface area contributed by atoms with E-state index in [1.54, 1.807) is 12.3 Å². The predicted octanol–water partition coefficient (Wildman–Crippen LogP) is 2.20. The minimum Gasteiger partial charge on any atom is -0.290 e. The molecule has 1 N–H and O–H groups in total. The predicted molar refractivity (Wildman–Crippen MR) is 54.6 cm³/mol. The second-order valence-electron chi connectivity index (χ2n) is 2.04. The summed E-state index contributed by atoms with van der Waals surface area (Å²) in [5.74, 6) is 0.504. The molecule has 1 aromatic heterocycles. The van der Waals surface area contributed by atoms with Crippen molar-refractivity contribution in [2.24, 2.45) is 0 Å². The highest BCUT2D eigenvalue weighted by atomic mass is 79.9. The Balaban J connectivity index is 2.89. The van der Waals surface area contributed by atoms with Crippen LogP contribution in [0.5, 0.6) is 0 Å². The Bertz CT molecular complexity index is 320. The molecule has 0 bridgehead atoms. The van der Waals surface area contributed by atoms with Gasteiger partial charge < -0.3 is 0 Å². The molecule has 0 saturated heterocycles. The molecule has 3 nitrogen and oxygen atoms in total. The number of aromatic nitrogens is 1. The minimum absolute atomic E-state index is 0.504. The molecule has 1 heterocycles. The lowest BCUT2D eigenvalue weighted by Crippen LogP contribution is -2.02. The van der Waals surface area contributed by atoms with Crippen LogP contribution in [0.3, 0.4) is 0 Å². The standard InChI is InChI=1S/C6H6BrClN2OS/c1-12(11)10-6-2-5(8)4(7)3-9-6/h2-3H,1H3,(H,9,10). The van der Waals surface area contributed by atoms with Crippen molar-refractivity contribution in [3.05, 3.63) is 21.8 Å². The summed E-state index contributed by atoms with van der Waals surface area (Å²) in [6.07, 6.45) is 3.08. The van der Waals surface area contributed by atoms with Crippen LogP contribution in [0, 0.1) is 0 Å². The normalized spacial score (nSPS) is 12.6. The number of nitrogens with one attached hydrogen (secondary N) is 1. The van der Waals surface area contributed by atoms with Crippen LogP contribution in [0.1, 0.15) is 0 Å². The van der Waals surface area contributed by atoms with E-state index in [1.165, 1.54) is 6.26 Å². The number of anilines is 1. The van der Waals surface area contributed by atoms with E-state index in [4.69, 9.17) is 11.6 Å². The summed E-state index contributed by atoms with van der Waals surface area (Å²) in [5.41, 5.74) is 0. The van der Waals surface area contributed by atoms with Gasteiger partial charge in [0.15, 0.2) is 0 Å². The second kappa shape index (κ2) is 4.20. The van der Waals surface area contributed by atoms with Crippen molar-refractivity contribution in [2.45, 2.75) is 0 Å². The van der Waals surface area contributed by atoms with Crippen LogP contribution in [0.4, 0.5) is 5.82 Å². The average molecular weight is 270 g/mol. The van der Waals surface area contributed by atoms with Crippen LogP contribution in [-0.4, -0.2) is 15.4 Å². The summed E-state index contributed by atoms with van der Waals surface area (Å²) in [4.78, 5) is 3.94. The van der Waals surface area contributed by atoms with E-state index in [2.05, 4.69) is 25.6 Å². The zero-order chi connectivity index (χ0) is 9.14. The fourth-order valence-electron chi connectivity index (χ4n) is 0.617. The molecule has 0 aromatic carbocycles. The van der Waals surface area contributed by atoms with Gasteiger partial charge in [-0.1, -0.05) is 11.6 Å². The summed E-state index contributed by atoms with van der Waals surface area (Å²) in [7, 11) is -1.12. The largest absolute Gasteiger partial charge is 0.290 e. The molecule has 0 amide bonds. The van der Waals surface area contributed by atoms with E-state index in [1.807, 2.05) is 0 Å². The van der Waals surface area contributed by atoms with Crippen molar-refractivity contribution < 1.29 is 4.21 Å². The fraction of sp³-hybridized carbons (Fsp3) is 0.167. The summed E-state index contributed by atoms with van der Waals surface area (Å²) < 4.78 is 14.1. The van der Waals surface area contributed by atoms with Crippen molar-refractivity contribution in [1.29, 1.82) is 0 Å². The molecule has 6 heteroatoms. The van der Waals surface area contributed by atoms with Gasteiger partial charge in [0.25, 0.3) is 0 Å². The van der Waals surface area contributed by atoms with Crippen molar-refractivity contribution >= 4 is 44.3 Å². The highest BCUT2D eigenvalue weighted by Gasteiger charge is 2.00. The maximum absolute atomic E-state index is 10.7. The zero-order valence-corrected chi connectivity index (χ0v) is 9.33. The van der Waals surface area contributed by atoms with Gasteiger partial charge in [-0.25, -0.2) is 9.19 Å². The van der Waals surface area contributed by atoms with Crippen LogP contribution < -0.4 is 4.72 Å². The van der Waals surface area contributed by atoms with Gasteiger partial charge in [-0.05, 0) is 15.9 Å². The van der Waals surface area contributed by atoms with Gasteiger partial charge in [0.1, 0.15) is 16.8 Å². The molecule has 0 radical (unpaired) electrons. The number of hydrogen-bond donors (Lipinski definition) is 1. The molecular formula is C6H6BrClN2OS. The lowest BCUT2D eigenvalue weighted by atomic mass is 10.5. The Labute approximate surface area is 86.2 Å². The number of hydrogen-bond acceptors (Lipinski definition) is 2. The van der Waals surface area contributed by atoms with Gasteiger partial charge in [0.2, 0.25) is 0 Å². The first-order chi connectivity index (χ1) is 5.59. The van der Waals surface area contributed by atoms with E-state index in [-0.39, 0.29) is 0 Å². The maximum Gasteiger partial charge on any atom is 0.139 e. The first kappa shape index (κ1) is 9.95. The number of halogens is 2. The lowest BCUT2D eigenvalue weighted by molar-refractivity contribution is 0.689. The molecule has 1 rings (SSSR count). The third-order valence-electron chi connectivity index (χ3n) is 1.06. The van der Waals surface area contributed by atoms with Crippen LogP contribution in [0.25, 0.3) is 0 Å². The molecule has 12 heavy (non-hydrogen) atoms. The highest BCUT2D eigenvalue weighted by molar-refractivity contribution is 9.10. The van der Waals surface area contributed by atoms with Crippen molar-refractivity contribution in [3.63, 3.8) is 0 Å². The van der Waals surface area contributed by atoms with Gasteiger partial charge >= 0.3 is 0 Å². The molecule has 0 aliphatic rings. The number of pyridine rings is 1. The van der Waals surface area contributed by atoms with Crippen molar-refractivity contribution in [1.82, 2.24) is 4.98 Å². The van der Waals surface area contributed by atoms with Gasteiger partial charge in [-0.2, -0.15) is 0 Å². The summed E-state index contributed by atoms with van der Waals surface area (Å²) in [5, 5.41) is 0.540. The SMILES string of the molecule is CS(=O)Nc1cc(Cl)c(Br)cn1. The minimum atomic E-state index is -1.12. The van der Waals surface area contributed by atoms with Gasteiger partial charge in [0, 0.05) is 18.5 Å². The Kier molecular flexibility index (Phi) is 3.49. The van der Waals surface area contributed by atoms with Gasteiger partial charge in [-0.3, -0.25) is 4.72 Å². The molecule has 1 atom stereocenters. The highest BCUT2D eigenvalue weighted by Crippen LogP contribution is 2.23. The zero-order valence-electron chi connectivity index (χ0n) is 6.17. The van der Waals surface area contributed by atoms with E-state index < -0.39 is 11.0 Å². The summed E-state index contributed by atoms with van der Waals surface area (Å²) in [6, 6.07) is 1.60. The molecule has 0 fully saturated rings. The molecule has 66 valence electrons. The molecule has 0 aliphatic heterocycles. The third-order valence-corrected chi connectivity index (χ3v) is 2.73. The van der Waals surface area contributed by atoms with Crippen LogP contribution >= 0.6 is 27.5 Å². The van der Waals surface area contributed by atoms with Crippen LogP contribution in [0.2, 0.25) is 5.02 Å². The van der Waals surface area contributed by atoms with Crippen LogP contribution in [-0.2, 0) is 11.0 Å². The summed E-state index contributed by atoms with van der Waals surface area (Å²) >= 11 is 8.97. The Morgan fingerprint density at radius 3 is 2.92 bits per heavy atom. The Hall–Kier alpha value is -0.130. The molecule has 1 unspecified atom stereocenters. The quantitative estimate of drug-likeness (QED) is 0.894. The molecule has 0 aliphatic carbocycles. The topological polar surface area (TPSA) is 42.0 Å².